The van der Waals surface area contributed by atoms with Crippen LogP contribution in [-0.4, -0.2) is 79.9 Å². The van der Waals surface area contributed by atoms with Crippen molar-refractivity contribution in [3.63, 3.8) is 0 Å². The summed E-state index contributed by atoms with van der Waals surface area (Å²) < 4.78 is 14.1. The van der Waals surface area contributed by atoms with Gasteiger partial charge in [0.2, 0.25) is 0 Å². The lowest BCUT2D eigenvalue weighted by molar-refractivity contribution is -0.117. The largest absolute Gasteiger partial charge is 0.436 e. The van der Waals surface area contributed by atoms with Crippen LogP contribution in [0.4, 0.5) is 9.18 Å². The molecule has 0 aromatic rings. The van der Waals surface area contributed by atoms with Crippen LogP contribution in [0, 0.1) is 34.5 Å². The predicted molar refractivity (Wildman–Crippen MR) is 156 cm³/mol. The third-order valence-electron chi connectivity index (χ3n) is 11.8. The fourth-order valence-electron chi connectivity index (χ4n) is 9.41. The van der Waals surface area contributed by atoms with Gasteiger partial charge >= 0.3 is 6.09 Å². The standard InChI is InChI=1S/C32H51FN4O3/c1-21(35-40-30(39)37(19-18-36(4)5)17-13-29-28(33)12-16-34-29)25-8-9-26-24-7-6-22-20-23(38)10-14-31(22,2)27(24)11-15-32(25,26)3/h20,24-29,34H,6-19H2,1-5H3/b35-21+/t24-,25+,26-,27-,28?,29?,31-,32+/m0/s1. The first-order chi connectivity index (χ1) is 19.0. The van der Waals surface area contributed by atoms with Gasteiger partial charge in [-0.05, 0) is 120 Å². The van der Waals surface area contributed by atoms with E-state index in [0.29, 0.717) is 74.9 Å². The molecule has 1 aliphatic heterocycles. The van der Waals surface area contributed by atoms with Crippen molar-refractivity contribution in [3.8, 4) is 0 Å². The number of alkyl halides is 1. The number of nitrogens with zero attached hydrogens (tertiary/aromatic N) is 3. The van der Waals surface area contributed by atoms with E-state index < -0.39 is 12.3 Å². The molecule has 2 unspecified atom stereocenters. The Morgan fingerprint density at radius 1 is 1.07 bits per heavy atom. The fourth-order valence-corrected chi connectivity index (χ4v) is 9.41. The van der Waals surface area contributed by atoms with Crippen molar-refractivity contribution >= 4 is 17.6 Å². The molecule has 3 saturated carbocycles. The van der Waals surface area contributed by atoms with E-state index >= 15 is 0 Å². The SMILES string of the molecule is C/C(=N\OC(=O)N(CCC1NCCC1F)CCN(C)C)[C@H]1CC[C@H]2[C@@H]3CCC4=CC(=O)CC[C@]4(C)[C@H]3CC[C@]12C. The number of oxime groups is 1. The second-order valence-corrected chi connectivity index (χ2v) is 14.2. The minimum absolute atomic E-state index is 0.165. The van der Waals surface area contributed by atoms with Crippen LogP contribution in [0.15, 0.2) is 16.8 Å². The van der Waals surface area contributed by atoms with E-state index in [9.17, 15) is 14.0 Å². The molecule has 0 spiro atoms. The lowest BCUT2D eigenvalue weighted by Crippen LogP contribution is -2.51. The number of nitrogens with one attached hydrogen (secondary N) is 1. The number of ketones is 1. The minimum Gasteiger partial charge on any atom is -0.311 e. The van der Waals surface area contributed by atoms with Crippen molar-refractivity contribution in [1.29, 1.82) is 0 Å². The molecule has 0 bridgehead atoms. The van der Waals surface area contributed by atoms with Gasteiger partial charge < -0.3 is 15.1 Å². The number of fused-ring (bicyclic) bond motifs is 5. The second-order valence-electron chi connectivity index (χ2n) is 14.2. The molecule has 4 aliphatic carbocycles. The molecular formula is C32H51FN4O3. The first-order valence-electron chi connectivity index (χ1n) is 15.8. The summed E-state index contributed by atoms with van der Waals surface area (Å²) in [4.78, 5) is 34.6. The summed E-state index contributed by atoms with van der Waals surface area (Å²) in [6.45, 7) is 9.30. The van der Waals surface area contributed by atoms with Crippen molar-refractivity contribution in [2.75, 3.05) is 40.3 Å². The molecule has 0 radical (unpaired) electrons. The maximum absolute atomic E-state index is 14.1. The van der Waals surface area contributed by atoms with Gasteiger partial charge in [-0.3, -0.25) is 9.63 Å². The van der Waals surface area contributed by atoms with Gasteiger partial charge in [0.25, 0.3) is 0 Å². The van der Waals surface area contributed by atoms with Crippen LogP contribution in [0.2, 0.25) is 0 Å². The summed E-state index contributed by atoms with van der Waals surface area (Å²) in [7, 11) is 3.96. The molecule has 4 fully saturated rings. The Hall–Kier alpha value is -1.80. The number of carbonyl (C=O) groups excluding carboxylic acids is 2. The Morgan fingerprint density at radius 3 is 2.60 bits per heavy atom. The molecular weight excluding hydrogens is 507 g/mol. The summed E-state index contributed by atoms with van der Waals surface area (Å²) in [5.41, 5.74) is 2.69. The van der Waals surface area contributed by atoms with Crippen LogP contribution < -0.4 is 5.32 Å². The lowest BCUT2D eigenvalue weighted by Gasteiger charge is -2.58. The number of hydrogen-bond acceptors (Lipinski definition) is 6. The van der Waals surface area contributed by atoms with Gasteiger partial charge in [-0.2, -0.15) is 0 Å². The number of amides is 1. The zero-order valence-corrected chi connectivity index (χ0v) is 25.4. The van der Waals surface area contributed by atoms with E-state index in [1.165, 1.54) is 24.8 Å². The summed E-state index contributed by atoms with van der Waals surface area (Å²) in [5, 5.41) is 7.67. The maximum atomic E-state index is 14.1. The molecule has 8 atom stereocenters. The maximum Gasteiger partial charge on any atom is 0.436 e. The second kappa shape index (κ2) is 11.8. The fraction of sp³-hybridized carbons (Fsp3) is 0.844. The van der Waals surface area contributed by atoms with Crippen LogP contribution in [0.1, 0.15) is 85.0 Å². The Labute approximate surface area is 240 Å². The van der Waals surface area contributed by atoms with E-state index in [2.05, 4.69) is 24.3 Å². The van der Waals surface area contributed by atoms with Crippen molar-refractivity contribution in [1.82, 2.24) is 15.1 Å². The molecule has 0 aromatic heterocycles. The topological polar surface area (TPSA) is 74.2 Å². The van der Waals surface area contributed by atoms with E-state index in [1.807, 2.05) is 32.0 Å². The quantitative estimate of drug-likeness (QED) is 0.239. The summed E-state index contributed by atoms with van der Waals surface area (Å²) in [6, 6.07) is -0.201. The predicted octanol–water partition coefficient (Wildman–Crippen LogP) is 5.60. The Balaban J connectivity index is 1.23. The molecule has 224 valence electrons. The molecule has 1 N–H and O–H groups in total. The van der Waals surface area contributed by atoms with Crippen LogP contribution in [0.25, 0.3) is 0 Å². The molecule has 1 saturated heterocycles. The van der Waals surface area contributed by atoms with Gasteiger partial charge in [-0.15, -0.1) is 0 Å². The monoisotopic (exact) mass is 558 g/mol. The highest BCUT2D eigenvalue weighted by atomic mass is 19.1. The van der Waals surface area contributed by atoms with Gasteiger partial charge in [-0.1, -0.05) is 24.6 Å². The highest BCUT2D eigenvalue weighted by molar-refractivity contribution is 5.91. The van der Waals surface area contributed by atoms with Crippen molar-refractivity contribution < 1.29 is 18.8 Å². The molecule has 1 heterocycles. The normalized spacial score (nSPS) is 39.4. The molecule has 40 heavy (non-hydrogen) atoms. The molecule has 5 rings (SSSR count). The molecule has 7 nitrogen and oxygen atoms in total. The highest BCUT2D eigenvalue weighted by Gasteiger charge is 2.59. The van der Waals surface area contributed by atoms with E-state index in [0.717, 1.165) is 31.4 Å². The van der Waals surface area contributed by atoms with E-state index in [4.69, 9.17) is 4.84 Å². The Morgan fingerprint density at radius 2 is 1.88 bits per heavy atom. The average molecular weight is 559 g/mol. The van der Waals surface area contributed by atoms with Crippen molar-refractivity contribution in [2.24, 2.45) is 39.7 Å². The first-order valence-corrected chi connectivity index (χ1v) is 15.8. The van der Waals surface area contributed by atoms with Crippen LogP contribution >= 0.6 is 0 Å². The van der Waals surface area contributed by atoms with E-state index in [1.54, 1.807) is 4.90 Å². The van der Waals surface area contributed by atoms with Gasteiger partial charge in [0, 0.05) is 38.0 Å². The van der Waals surface area contributed by atoms with Gasteiger partial charge in [0.15, 0.2) is 5.78 Å². The summed E-state index contributed by atoms with van der Waals surface area (Å²) in [5.74, 6) is 2.64. The zero-order chi connectivity index (χ0) is 28.7. The molecule has 8 heteroatoms. The number of hydrogen-bond donors (Lipinski definition) is 1. The van der Waals surface area contributed by atoms with Crippen LogP contribution in [-0.2, 0) is 9.63 Å². The Kier molecular flexibility index (Phi) is 8.78. The van der Waals surface area contributed by atoms with Gasteiger partial charge in [0.05, 0.1) is 5.71 Å². The minimum atomic E-state index is -0.854. The number of carbonyl (C=O) groups is 2. The summed E-state index contributed by atoms with van der Waals surface area (Å²) in [6.07, 6.45) is 10.4. The third kappa shape index (κ3) is 5.64. The van der Waals surface area contributed by atoms with Crippen LogP contribution in [0.3, 0.4) is 0 Å². The smallest absolute Gasteiger partial charge is 0.311 e. The van der Waals surface area contributed by atoms with E-state index in [-0.39, 0.29) is 16.9 Å². The average Bonchev–Trinajstić information content (AvgIpc) is 3.49. The zero-order valence-electron chi connectivity index (χ0n) is 25.4. The number of likely N-dealkylation sites (N-methyl/N-ethyl adjacent to an activating group) is 1. The van der Waals surface area contributed by atoms with Gasteiger partial charge in [0.1, 0.15) is 6.17 Å². The number of allylic oxidation sites excluding steroid dienone is 1. The van der Waals surface area contributed by atoms with Crippen LogP contribution in [0.5, 0.6) is 0 Å². The number of rotatable bonds is 8. The molecule has 5 aliphatic rings. The first kappa shape index (κ1) is 29.7. The van der Waals surface area contributed by atoms with Crippen molar-refractivity contribution in [2.45, 2.75) is 97.2 Å². The third-order valence-corrected chi connectivity index (χ3v) is 11.8. The summed E-state index contributed by atoms with van der Waals surface area (Å²) >= 11 is 0. The lowest BCUT2D eigenvalue weighted by atomic mass is 9.46. The number of halogens is 1. The molecule has 1 amide bonds. The highest BCUT2D eigenvalue weighted by Crippen LogP contribution is 2.66. The van der Waals surface area contributed by atoms with Gasteiger partial charge in [-0.25, -0.2) is 9.18 Å². The Bertz CT molecular complexity index is 1030. The van der Waals surface area contributed by atoms with Crippen molar-refractivity contribution in [3.05, 3.63) is 11.6 Å². The molecule has 0 aromatic carbocycles.